The number of furan rings is 1. The van der Waals surface area contributed by atoms with E-state index < -0.39 is 0 Å². The van der Waals surface area contributed by atoms with Gasteiger partial charge >= 0.3 is 0 Å². The Morgan fingerprint density at radius 3 is 2.12 bits per heavy atom. The Bertz CT molecular complexity index is 1090. The lowest BCUT2D eigenvalue weighted by molar-refractivity contribution is -0.123. The third-order valence-electron chi connectivity index (χ3n) is 6.03. The zero-order chi connectivity index (χ0) is 22.6. The number of thioether (sulfide) groups is 1. The second-order valence-corrected chi connectivity index (χ2v) is 9.82. The lowest BCUT2D eigenvalue weighted by atomic mass is 9.96. The van der Waals surface area contributed by atoms with Gasteiger partial charge in [0.1, 0.15) is 10.1 Å². The van der Waals surface area contributed by atoms with E-state index in [1.165, 1.54) is 22.9 Å². The third-order valence-corrected chi connectivity index (χ3v) is 7.41. The maximum Gasteiger partial charge on any atom is 0.267 e. The molecule has 1 aromatic heterocycles. The molecule has 5 nitrogen and oxygen atoms in total. The molecule has 3 heterocycles. The molecule has 1 amide bonds. The Morgan fingerprint density at radius 1 is 0.909 bits per heavy atom. The van der Waals surface area contributed by atoms with Gasteiger partial charge in [-0.2, -0.15) is 0 Å². The number of amides is 1. The van der Waals surface area contributed by atoms with Gasteiger partial charge in [-0.3, -0.25) is 19.5 Å². The van der Waals surface area contributed by atoms with E-state index in [9.17, 15) is 4.79 Å². The number of hydrogen-bond acceptors (Lipinski definition) is 6. The highest BCUT2D eigenvalue weighted by molar-refractivity contribution is 8.26. The standard InChI is InChI=1S/C26H25N3O2S2/c30-25-23(18-22-12-7-17-31-22)33-26(32)29(25)19-27-13-15-28(16-14-27)24(20-8-3-1-4-9-20)21-10-5-2-6-11-21/h1-12,17-18,24H,13-16,19H2. The molecule has 0 aliphatic carbocycles. The van der Waals surface area contributed by atoms with Gasteiger partial charge < -0.3 is 4.42 Å². The Kier molecular flexibility index (Phi) is 6.73. The van der Waals surface area contributed by atoms with E-state index in [-0.39, 0.29) is 11.9 Å². The van der Waals surface area contributed by atoms with Crippen LogP contribution in [0, 0.1) is 0 Å². The Hall–Kier alpha value is -2.71. The predicted octanol–water partition coefficient (Wildman–Crippen LogP) is 4.85. The van der Waals surface area contributed by atoms with E-state index in [0.717, 1.165) is 26.2 Å². The summed E-state index contributed by atoms with van der Waals surface area (Å²) in [5.74, 6) is 0.618. The summed E-state index contributed by atoms with van der Waals surface area (Å²) in [7, 11) is 0. The van der Waals surface area contributed by atoms with Crippen molar-refractivity contribution in [2.75, 3.05) is 32.8 Å². The van der Waals surface area contributed by atoms with E-state index >= 15 is 0 Å². The van der Waals surface area contributed by atoms with Gasteiger partial charge in [0, 0.05) is 32.3 Å². The first-order valence-electron chi connectivity index (χ1n) is 11.0. The summed E-state index contributed by atoms with van der Waals surface area (Å²) >= 11 is 6.85. The highest BCUT2D eigenvalue weighted by atomic mass is 32.2. The van der Waals surface area contributed by atoms with Crippen molar-refractivity contribution in [3.8, 4) is 0 Å². The third kappa shape index (κ3) is 4.96. The van der Waals surface area contributed by atoms with Crippen molar-refractivity contribution in [1.82, 2.24) is 14.7 Å². The van der Waals surface area contributed by atoms with Gasteiger partial charge in [0.25, 0.3) is 5.91 Å². The number of rotatable bonds is 6. The largest absolute Gasteiger partial charge is 0.465 e. The molecule has 0 saturated carbocycles. The van der Waals surface area contributed by atoms with Gasteiger partial charge in [0.15, 0.2) is 0 Å². The molecule has 3 aromatic rings. The van der Waals surface area contributed by atoms with Crippen molar-refractivity contribution < 1.29 is 9.21 Å². The highest BCUT2D eigenvalue weighted by Gasteiger charge is 2.34. The van der Waals surface area contributed by atoms with E-state index in [1.54, 1.807) is 17.2 Å². The highest BCUT2D eigenvalue weighted by Crippen LogP contribution is 2.33. The molecule has 33 heavy (non-hydrogen) atoms. The van der Waals surface area contributed by atoms with Crippen LogP contribution < -0.4 is 0 Å². The van der Waals surface area contributed by atoms with E-state index in [2.05, 4.69) is 70.5 Å². The van der Waals surface area contributed by atoms with Gasteiger partial charge in [0.05, 0.1) is 23.9 Å². The predicted molar refractivity (Wildman–Crippen MR) is 136 cm³/mol. The zero-order valence-electron chi connectivity index (χ0n) is 18.2. The molecule has 0 bridgehead atoms. The lowest BCUT2D eigenvalue weighted by Gasteiger charge is -2.40. The van der Waals surface area contributed by atoms with Gasteiger partial charge in [-0.05, 0) is 23.3 Å². The summed E-state index contributed by atoms with van der Waals surface area (Å²) < 4.78 is 5.96. The first kappa shape index (κ1) is 22.1. The van der Waals surface area contributed by atoms with Crippen molar-refractivity contribution in [1.29, 1.82) is 0 Å². The van der Waals surface area contributed by atoms with Gasteiger partial charge in [-0.1, -0.05) is 84.6 Å². The van der Waals surface area contributed by atoms with Crippen LogP contribution in [0.15, 0.2) is 88.4 Å². The lowest BCUT2D eigenvalue weighted by Crippen LogP contribution is -2.51. The fourth-order valence-electron chi connectivity index (χ4n) is 4.37. The number of hydrogen-bond donors (Lipinski definition) is 0. The second-order valence-electron chi connectivity index (χ2n) is 8.14. The van der Waals surface area contributed by atoms with E-state index in [4.69, 9.17) is 16.6 Å². The van der Waals surface area contributed by atoms with Crippen LogP contribution in [0.4, 0.5) is 0 Å². The van der Waals surface area contributed by atoms with Crippen LogP contribution in [0.5, 0.6) is 0 Å². The number of carbonyl (C=O) groups is 1. The SMILES string of the molecule is O=C1C(=Cc2ccco2)SC(=S)N1CN1CCN(C(c2ccccc2)c2ccccc2)CC1. The smallest absolute Gasteiger partial charge is 0.267 e. The second kappa shape index (κ2) is 10.1. The molecule has 0 unspecified atom stereocenters. The molecule has 2 aromatic carbocycles. The fourth-order valence-corrected chi connectivity index (χ4v) is 5.59. The molecule has 0 radical (unpaired) electrons. The zero-order valence-corrected chi connectivity index (χ0v) is 19.8. The Balaban J connectivity index is 1.25. The molecule has 0 N–H and O–H groups in total. The Morgan fingerprint density at radius 2 is 1.55 bits per heavy atom. The average Bonchev–Trinajstić information content (AvgIpc) is 3.46. The molecule has 7 heteroatoms. The minimum Gasteiger partial charge on any atom is -0.465 e. The minimum absolute atomic E-state index is 0.0460. The summed E-state index contributed by atoms with van der Waals surface area (Å²) in [4.78, 5) is 20.1. The summed E-state index contributed by atoms with van der Waals surface area (Å²) in [5.41, 5.74) is 2.61. The molecule has 2 fully saturated rings. The van der Waals surface area contributed by atoms with E-state index in [1.807, 2.05) is 12.1 Å². The van der Waals surface area contributed by atoms with Gasteiger partial charge in [0.2, 0.25) is 0 Å². The van der Waals surface area contributed by atoms with Crippen LogP contribution in [0.25, 0.3) is 6.08 Å². The normalized spacial score (nSPS) is 19.2. The molecular formula is C26H25N3O2S2. The molecule has 0 spiro atoms. The monoisotopic (exact) mass is 475 g/mol. The topological polar surface area (TPSA) is 39.9 Å². The number of benzene rings is 2. The van der Waals surface area contributed by atoms with Crippen LogP contribution in [-0.4, -0.2) is 57.8 Å². The van der Waals surface area contributed by atoms with Gasteiger partial charge in [-0.25, -0.2) is 0 Å². The van der Waals surface area contributed by atoms with Crippen LogP contribution >= 0.6 is 24.0 Å². The summed E-state index contributed by atoms with van der Waals surface area (Å²) in [5, 5.41) is 0. The van der Waals surface area contributed by atoms with Crippen molar-refractivity contribution in [2.45, 2.75) is 6.04 Å². The van der Waals surface area contributed by atoms with Crippen LogP contribution in [0.3, 0.4) is 0 Å². The maximum atomic E-state index is 12.9. The molecule has 168 valence electrons. The number of thiocarbonyl (C=S) groups is 1. The quantitative estimate of drug-likeness (QED) is 0.375. The molecule has 2 aliphatic heterocycles. The fraction of sp³-hybridized carbons (Fsp3) is 0.231. The molecule has 2 saturated heterocycles. The number of carbonyl (C=O) groups excluding carboxylic acids is 1. The molecule has 0 atom stereocenters. The molecular weight excluding hydrogens is 450 g/mol. The number of piperazine rings is 1. The van der Waals surface area contributed by atoms with E-state index in [0.29, 0.717) is 21.7 Å². The summed E-state index contributed by atoms with van der Waals surface area (Å²) in [6, 6.07) is 25.2. The van der Waals surface area contributed by atoms with Gasteiger partial charge in [-0.15, -0.1) is 0 Å². The molecule has 2 aliphatic rings. The first-order valence-corrected chi connectivity index (χ1v) is 12.3. The summed E-state index contributed by atoms with van der Waals surface area (Å²) in [6.07, 6.45) is 3.37. The Labute approximate surface area is 203 Å². The molecule has 5 rings (SSSR count). The average molecular weight is 476 g/mol. The van der Waals surface area contributed by atoms with Crippen molar-refractivity contribution in [3.05, 3.63) is 101 Å². The van der Waals surface area contributed by atoms with Crippen molar-refractivity contribution in [2.24, 2.45) is 0 Å². The summed E-state index contributed by atoms with van der Waals surface area (Å²) in [6.45, 7) is 4.13. The first-order chi connectivity index (χ1) is 16.2. The van der Waals surface area contributed by atoms with Crippen molar-refractivity contribution >= 4 is 40.3 Å². The number of nitrogens with zero attached hydrogens (tertiary/aromatic N) is 3. The van der Waals surface area contributed by atoms with Crippen molar-refractivity contribution in [3.63, 3.8) is 0 Å². The van der Waals surface area contributed by atoms with Crippen LogP contribution in [-0.2, 0) is 4.79 Å². The van der Waals surface area contributed by atoms with Crippen LogP contribution in [0.2, 0.25) is 0 Å². The minimum atomic E-state index is -0.0460. The maximum absolute atomic E-state index is 12.9. The van der Waals surface area contributed by atoms with Crippen LogP contribution in [0.1, 0.15) is 22.9 Å².